The molecular weight excluding hydrogens is 278 g/mol. The molecule has 1 aliphatic rings. The fourth-order valence-electron chi connectivity index (χ4n) is 2.83. The van der Waals surface area contributed by atoms with Gasteiger partial charge in [-0.25, -0.2) is 0 Å². The van der Waals surface area contributed by atoms with Crippen LogP contribution < -0.4 is 11.1 Å². The van der Waals surface area contributed by atoms with Crippen LogP contribution in [-0.4, -0.2) is 49.2 Å². The highest BCUT2D eigenvalue weighted by atomic mass is 16.5. The Morgan fingerprint density at radius 3 is 2.91 bits per heavy atom. The van der Waals surface area contributed by atoms with Crippen LogP contribution in [0.3, 0.4) is 0 Å². The Hall–Kier alpha value is -1.43. The van der Waals surface area contributed by atoms with Crippen molar-refractivity contribution < 1.29 is 9.53 Å². The normalized spacial score (nSPS) is 20.5. The van der Waals surface area contributed by atoms with Crippen molar-refractivity contribution in [1.82, 2.24) is 10.2 Å². The van der Waals surface area contributed by atoms with Gasteiger partial charge in [-0.3, -0.25) is 9.69 Å². The molecule has 0 bridgehead atoms. The van der Waals surface area contributed by atoms with Gasteiger partial charge in [-0.2, -0.15) is 0 Å². The molecule has 5 heteroatoms. The van der Waals surface area contributed by atoms with Crippen LogP contribution in [0.5, 0.6) is 0 Å². The lowest BCUT2D eigenvalue weighted by molar-refractivity contribution is -0.124. The Morgan fingerprint density at radius 2 is 2.23 bits per heavy atom. The standard InChI is InChI=1S/C17H27N3O2/c1-2-15(19-17(21)8-9-18)16-13-20(10-11-22-16)12-14-6-4-3-5-7-14/h3-7,15-16H,2,8-13,18H2,1H3,(H,19,21). The van der Waals surface area contributed by atoms with Crippen LogP contribution >= 0.6 is 0 Å². The molecule has 5 nitrogen and oxygen atoms in total. The first-order valence-electron chi connectivity index (χ1n) is 8.10. The smallest absolute Gasteiger partial charge is 0.221 e. The van der Waals surface area contributed by atoms with Crippen LogP contribution in [0.1, 0.15) is 25.3 Å². The van der Waals surface area contributed by atoms with Gasteiger partial charge in [-0.15, -0.1) is 0 Å². The highest BCUT2D eigenvalue weighted by Gasteiger charge is 2.28. The second-order valence-corrected chi connectivity index (χ2v) is 5.75. The molecule has 2 atom stereocenters. The third-order valence-electron chi connectivity index (χ3n) is 4.03. The van der Waals surface area contributed by atoms with E-state index in [2.05, 4.69) is 41.4 Å². The molecule has 122 valence electrons. The van der Waals surface area contributed by atoms with Gasteiger partial charge in [-0.1, -0.05) is 37.3 Å². The second kappa shape index (κ2) is 8.88. The number of amides is 1. The fourth-order valence-corrected chi connectivity index (χ4v) is 2.83. The molecule has 0 saturated carbocycles. The zero-order valence-corrected chi connectivity index (χ0v) is 13.3. The molecule has 1 aliphatic heterocycles. The average molecular weight is 305 g/mol. The van der Waals surface area contributed by atoms with Gasteiger partial charge in [0.05, 0.1) is 18.8 Å². The maximum absolute atomic E-state index is 11.8. The second-order valence-electron chi connectivity index (χ2n) is 5.75. The Balaban J connectivity index is 1.89. The van der Waals surface area contributed by atoms with E-state index in [0.29, 0.717) is 19.6 Å². The predicted molar refractivity (Wildman–Crippen MR) is 87.4 cm³/mol. The molecule has 1 saturated heterocycles. The Labute approximate surface area is 132 Å². The Bertz CT molecular complexity index is 452. The van der Waals surface area contributed by atoms with E-state index in [1.165, 1.54) is 5.56 Å². The van der Waals surface area contributed by atoms with Gasteiger partial charge in [0, 0.05) is 32.6 Å². The molecule has 0 aromatic heterocycles. The minimum absolute atomic E-state index is 0.0122. The number of hydrogen-bond acceptors (Lipinski definition) is 4. The van der Waals surface area contributed by atoms with E-state index in [-0.39, 0.29) is 18.1 Å². The number of carbonyl (C=O) groups is 1. The molecule has 0 radical (unpaired) electrons. The maximum Gasteiger partial charge on any atom is 0.221 e. The molecule has 3 N–H and O–H groups in total. The lowest BCUT2D eigenvalue weighted by Crippen LogP contribution is -2.53. The van der Waals surface area contributed by atoms with Gasteiger partial charge in [0.1, 0.15) is 0 Å². The minimum atomic E-state index is 0.0122. The third-order valence-corrected chi connectivity index (χ3v) is 4.03. The summed E-state index contributed by atoms with van der Waals surface area (Å²) in [7, 11) is 0. The molecule has 2 unspecified atom stereocenters. The number of nitrogens with two attached hydrogens (primary N) is 1. The van der Waals surface area contributed by atoms with E-state index >= 15 is 0 Å². The summed E-state index contributed by atoms with van der Waals surface area (Å²) >= 11 is 0. The molecule has 22 heavy (non-hydrogen) atoms. The number of nitrogens with zero attached hydrogens (tertiary/aromatic N) is 1. The summed E-state index contributed by atoms with van der Waals surface area (Å²) in [4.78, 5) is 14.2. The van der Waals surface area contributed by atoms with Crippen molar-refractivity contribution in [2.45, 2.75) is 38.5 Å². The van der Waals surface area contributed by atoms with E-state index in [1.54, 1.807) is 0 Å². The van der Waals surface area contributed by atoms with Crippen molar-refractivity contribution in [2.75, 3.05) is 26.2 Å². The van der Waals surface area contributed by atoms with Crippen LogP contribution in [-0.2, 0) is 16.1 Å². The highest BCUT2D eigenvalue weighted by molar-refractivity contribution is 5.76. The third kappa shape index (κ3) is 5.09. The number of morpholine rings is 1. The number of ether oxygens (including phenoxy) is 1. The molecule has 1 aromatic rings. The fraction of sp³-hybridized carbons (Fsp3) is 0.588. The molecule has 1 amide bonds. The molecule has 0 aliphatic carbocycles. The molecule has 1 heterocycles. The largest absolute Gasteiger partial charge is 0.373 e. The zero-order valence-electron chi connectivity index (χ0n) is 13.3. The molecular formula is C17H27N3O2. The van der Waals surface area contributed by atoms with E-state index in [1.807, 2.05) is 6.07 Å². The maximum atomic E-state index is 11.8. The van der Waals surface area contributed by atoms with Crippen LogP contribution in [0.25, 0.3) is 0 Å². The summed E-state index contributed by atoms with van der Waals surface area (Å²) in [6.07, 6.45) is 1.28. The highest BCUT2D eigenvalue weighted by Crippen LogP contribution is 2.14. The number of carbonyl (C=O) groups excluding carboxylic acids is 1. The SMILES string of the molecule is CCC(NC(=O)CCN)C1CN(Cc2ccccc2)CCO1. The summed E-state index contributed by atoms with van der Waals surface area (Å²) in [5.41, 5.74) is 6.74. The summed E-state index contributed by atoms with van der Waals surface area (Å²) in [6, 6.07) is 10.5. The predicted octanol–water partition coefficient (Wildman–Crippen LogP) is 1.13. The van der Waals surface area contributed by atoms with Gasteiger partial charge in [0.2, 0.25) is 5.91 Å². The van der Waals surface area contributed by atoms with Crippen molar-refractivity contribution in [3.8, 4) is 0 Å². The monoisotopic (exact) mass is 305 g/mol. The van der Waals surface area contributed by atoms with Crippen LogP contribution in [0.4, 0.5) is 0 Å². The molecule has 1 aromatic carbocycles. The first-order chi connectivity index (χ1) is 10.7. The number of hydrogen-bond donors (Lipinski definition) is 2. The van der Waals surface area contributed by atoms with Crippen LogP contribution in [0.15, 0.2) is 30.3 Å². The van der Waals surface area contributed by atoms with Crippen molar-refractivity contribution >= 4 is 5.91 Å². The van der Waals surface area contributed by atoms with Crippen molar-refractivity contribution in [3.05, 3.63) is 35.9 Å². The first kappa shape index (κ1) is 16.9. The average Bonchev–Trinajstić information content (AvgIpc) is 2.54. The quantitative estimate of drug-likeness (QED) is 0.792. The van der Waals surface area contributed by atoms with Gasteiger partial charge in [-0.05, 0) is 12.0 Å². The molecule has 1 fully saturated rings. The van der Waals surface area contributed by atoms with Gasteiger partial charge >= 0.3 is 0 Å². The lowest BCUT2D eigenvalue weighted by Gasteiger charge is -2.37. The van der Waals surface area contributed by atoms with Crippen molar-refractivity contribution in [3.63, 3.8) is 0 Å². The van der Waals surface area contributed by atoms with E-state index in [9.17, 15) is 4.79 Å². The lowest BCUT2D eigenvalue weighted by atomic mass is 10.1. The van der Waals surface area contributed by atoms with Gasteiger partial charge < -0.3 is 15.8 Å². The van der Waals surface area contributed by atoms with Gasteiger partial charge in [0.25, 0.3) is 0 Å². The Morgan fingerprint density at radius 1 is 1.45 bits per heavy atom. The van der Waals surface area contributed by atoms with Crippen molar-refractivity contribution in [2.24, 2.45) is 5.73 Å². The van der Waals surface area contributed by atoms with Crippen molar-refractivity contribution in [1.29, 1.82) is 0 Å². The Kier molecular flexibility index (Phi) is 6.83. The molecule has 2 rings (SSSR count). The minimum Gasteiger partial charge on any atom is -0.373 e. The number of rotatable bonds is 7. The first-order valence-corrected chi connectivity index (χ1v) is 8.10. The summed E-state index contributed by atoms with van der Waals surface area (Å²) in [5.74, 6) is 0.0122. The summed E-state index contributed by atoms with van der Waals surface area (Å²) in [5, 5.41) is 3.05. The van der Waals surface area contributed by atoms with Crippen LogP contribution in [0.2, 0.25) is 0 Å². The summed E-state index contributed by atoms with van der Waals surface area (Å²) in [6.45, 7) is 5.87. The molecule has 0 spiro atoms. The van der Waals surface area contributed by atoms with E-state index < -0.39 is 0 Å². The van der Waals surface area contributed by atoms with Crippen LogP contribution in [0, 0.1) is 0 Å². The number of nitrogens with one attached hydrogen (secondary N) is 1. The van der Waals surface area contributed by atoms with Gasteiger partial charge in [0.15, 0.2) is 0 Å². The topological polar surface area (TPSA) is 67.6 Å². The van der Waals surface area contributed by atoms with E-state index in [0.717, 1.165) is 26.1 Å². The number of benzene rings is 1. The van der Waals surface area contributed by atoms with E-state index in [4.69, 9.17) is 10.5 Å². The summed E-state index contributed by atoms with van der Waals surface area (Å²) < 4.78 is 5.89. The zero-order chi connectivity index (χ0) is 15.8.